The van der Waals surface area contributed by atoms with Crippen molar-refractivity contribution in [3.05, 3.63) is 0 Å². The van der Waals surface area contributed by atoms with Crippen LogP contribution in [0, 0.1) is 11.3 Å². The molecule has 0 aromatic rings. The minimum atomic E-state index is 0.369. The van der Waals surface area contributed by atoms with Crippen molar-refractivity contribution in [2.24, 2.45) is 22.8 Å². The van der Waals surface area contributed by atoms with Crippen LogP contribution in [0.5, 0.6) is 0 Å². The average molecular weight is 158 g/mol. The second-order valence-corrected chi connectivity index (χ2v) is 4.25. The summed E-state index contributed by atoms with van der Waals surface area (Å²) in [5.41, 5.74) is 11.4. The lowest BCUT2D eigenvalue weighted by molar-refractivity contribution is 0.264. The second kappa shape index (κ2) is 4.73. The van der Waals surface area contributed by atoms with E-state index in [0.717, 1.165) is 19.5 Å². The molecule has 0 spiro atoms. The first-order valence-electron chi connectivity index (χ1n) is 4.42. The molecule has 1 unspecified atom stereocenters. The summed E-state index contributed by atoms with van der Waals surface area (Å²) in [6.45, 7) is 8.27. The van der Waals surface area contributed by atoms with E-state index >= 15 is 0 Å². The van der Waals surface area contributed by atoms with Gasteiger partial charge in [0.1, 0.15) is 0 Å². The molecule has 0 saturated carbocycles. The smallest absolute Gasteiger partial charge is 0.00513 e. The first-order chi connectivity index (χ1) is 5.02. The SMILES string of the molecule is CC(CN)CC(C)(C)CCN. The molecule has 0 heterocycles. The Labute approximate surface area is 70.3 Å². The molecule has 68 valence electrons. The van der Waals surface area contributed by atoms with Gasteiger partial charge in [-0.05, 0) is 37.3 Å². The van der Waals surface area contributed by atoms with E-state index in [0.29, 0.717) is 11.3 Å². The molecule has 0 rings (SSSR count). The van der Waals surface area contributed by atoms with Crippen molar-refractivity contribution in [2.45, 2.75) is 33.6 Å². The highest BCUT2D eigenvalue weighted by Crippen LogP contribution is 2.27. The van der Waals surface area contributed by atoms with Crippen molar-refractivity contribution in [3.8, 4) is 0 Å². The van der Waals surface area contributed by atoms with Gasteiger partial charge in [-0.25, -0.2) is 0 Å². The quantitative estimate of drug-likeness (QED) is 0.634. The molecule has 0 aromatic carbocycles. The summed E-state index contributed by atoms with van der Waals surface area (Å²) in [5.74, 6) is 0.622. The lowest BCUT2D eigenvalue weighted by atomic mass is 9.81. The van der Waals surface area contributed by atoms with Gasteiger partial charge in [-0.2, -0.15) is 0 Å². The Bertz CT molecular complexity index is 99.7. The van der Waals surface area contributed by atoms with Crippen molar-refractivity contribution < 1.29 is 0 Å². The van der Waals surface area contributed by atoms with E-state index in [1.807, 2.05) is 0 Å². The van der Waals surface area contributed by atoms with Crippen LogP contribution in [0.15, 0.2) is 0 Å². The molecular weight excluding hydrogens is 136 g/mol. The fourth-order valence-electron chi connectivity index (χ4n) is 1.52. The molecule has 0 amide bonds. The van der Waals surface area contributed by atoms with E-state index in [1.165, 1.54) is 6.42 Å². The molecular formula is C9H22N2. The number of nitrogens with two attached hydrogens (primary N) is 2. The first kappa shape index (κ1) is 10.9. The summed E-state index contributed by atoms with van der Waals surface area (Å²) in [5, 5.41) is 0. The van der Waals surface area contributed by atoms with Crippen molar-refractivity contribution in [2.75, 3.05) is 13.1 Å². The highest BCUT2D eigenvalue weighted by atomic mass is 14.6. The normalized spacial score (nSPS) is 15.0. The highest BCUT2D eigenvalue weighted by molar-refractivity contribution is 4.72. The zero-order valence-electron chi connectivity index (χ0n) is 8.06. The second-order valence-electron chi connectivity index (χ2n) is 4.25. The molecule has 0 saturated heterocycles. The Morgan fingerprint density at radius 3 is 2.18 bits per heavy atom. The summed E-state index contributed by atoms with van der Waals surface area (Å²) in [6.07, 6.45) is 2.28. The van der Waals surface area contributed by atoms with Crippen LogP contribution in [-0.4, -0.2) is 13.1 Å². The van der Waals surface area contributed by atoms with Crippen molar-refractivity contribution >= 4 is 0 Å². The molecule has 0 aliphatic carbocycles. The maximum atomic E-state index is 5.54. The Balaban J connectivity index is 3.70. The maximum Gasteiger partial charge on any atom is -0.00513 e. The summed E-state index contributed by atoms with van der Waals surface area (Å²) in [7, 11) is 0. The van der Waals surface area contributed by atoms with Crippen LogP contribution in [-0.2, 0) is 0 Å². The van der Waals surface area contributed by atoms with E-state index in [1.54, 1.807) is 0 Å². The Hall–Kier alpha value is -0.0800. The molecule has 0 radical (unpaired) electrons. The van der Waals surface area contributed by atoms with Crippen molar-refractivity contribution in [1.29, 1.82) is 0 Å². The maximum absolute atomic E-state index is 5.54. The zero-order valence-corrected chi connectivity index (χ0v) is 8.06. The standard InChI is InChI=1S/C9H22N2/c1-8(7-11)6-9(2,3)4-5-10/h8H,4-7,10-11H2,1-3H3. The van der Waals surface area contributed by atoms with Crippen LogP contribution < -0.4 is 11.5 Å². The lowest BCUT2D eigenvalue weighted by Gasteiger charge is -2.26. The van der Waals surface area contributed by atoms with E-state index < -0.39 is 0 Å². The predicted octanol–water partition coefficient (Wildman–Crippen LogP) is 1.35. The van der Waals surface area contributed by atoms with Crippen molar-refractivity contribution in [1.82, 2.24) is 0 Å². The molecule has 0 bridgehead atoms. The van der Waals surface area contributed by atoms with Gasteiger partial charge in [0.15, 0.2) is 0 Å². The van der Waals surface area contributed by atoms with Gasteiger partial charge >= 0.3 is 0 Å². The van der Waals surface area contributed by atoms with Gasteiger partial charge in [-0.3, -0.25) is 0 Å². The summed E-state index contributed by atoms with van der Waals surface area (Å²) in [4.78, 5) is 0. The fourth-order valence-corrected chi connectivity index (χ4v) is 1.52. The van der Waals surface area contributed by atoms with Crippen LogP contribution in [0.25, 0.3) is 0 Å². The monoisotopic (exact) mass is 158 g/mol. The van der Waals surface area contributed by atoms with Gasteiger partial charge in [0.25, 0.3) is 0 Å². The zero-order chi connectivity index (χ0) is 8.91. The molecule has 4 N–H and O–H groups in total. The molecule has 2 nitrogen and oxygen atoms in total. The Morgan fingerprint density at radius 1 is 1.27 bits per heavy atom. The van der Waals surface area contributed by atoms with E-state index in [4.69, 9.17) is 11.5 Å². The molecule has 0 aliphatic rings. The Morgan fingerprint density at radius 2 is 1.82 bits per heavy atom. The summed E-state index contributed by atoms with van der Waals surface area (Å²) in [6, 6.07) is 0. The van der Waals surface area contributed by atoms with Gasteiger partial charge < -0.3 is 11.5 Å². The van der Waals surface area contributed by atoms with Crippen LogP contribution >= 0.6 is 0 Å². The topological polar surface area (TPSA) is 52.0 Å². The first-order valence-corrected chi connectivity index (χ1v) is 4.42. The molecule has 2 heteroatoms. The average Bonchev–Trinajstić information content (AvgIpc) is 1.86. The van der Waals surface area contributed by atoms with Crippen LogP contribution in [0.4, 0.5) is 0 Å². The van der Waals surface area contributed by atoms with Crippen LogP contribution in [0.1, 0.15) is 33.6 Å². The molecule has 0 aromatic heterocycles. The van der Waals surface area contributed by atoms with Gasteiger partial charge in [-0.15, -0.1) is 0 Å². The van der Waals surface area contributed by atoms with Gasteiger partial charge in [0, 0.05) is 0 Å². The van der Waals surface area contributed by atoms with Crippen LogP contribution in [0.2, 0.25) is 0 Å². The fraction of sp³-hybridized carbons (Fsp3) is 1.00. The molecule has 11 heavy (non-hydrogen) atoms. The minimum Gasteiger partial charge on any atom is -0.330 e. The third-order valence-corrected chi connectivity index (χ3v) is 2.12. The molecule has 1 atom stereocenters. The third kappa shape index (κ3) is 5.22. The summed E-state index contributed by atoms with van der Waals surface area (Å²) >= 11 is 0. The number of hydrogen-bond acceptors (Lipinski definition) is 2. The van der Waals surface area contributed by atoms with Crippen molar-refractivity contribution in [3.63, 3.8) is 0 Å². The number of rotatable bonds is 5. The molecule has 0 fully saturated rings. The van der Waals surface area contributed by atoms with Crippen LogP contribution in [0.3, 0.4) is 0 Å². The van der Waals surface area contributed by atoms with Gasteiger partial charge in [0.05, 0.1) is 0 Å². The van der Waals surface area contributed by atoms with E-state index in [9.17, 15) is 0 Å². The number of hydrogen-bond donors (Lipinski definition) is 2. The minimum absolute atomic E-state index is 0.369. The summed E-state index contributed by atoms with van der Waals surface area (Å²) < 4.78 is 0. The van der Waals surface area contributed by atoms with Gasteiger partial charge in [0.2, 0.25) is 0 Å². The Kier molecular flexibility index (Phi) is 4.69. The lowest BCUT2D eigenvalue weighted by Crippen LogP contribution is -2.23. The van der Waals surface area contributed by atoms with E-state index in [-0.39, 0.29) is 0 Å². The third-order valence-electron chi connectivity index (χ3n) is 2.12. The highest BCUT2D eigenvalue weighted by Gasteiger charge is 2.19. The van der Waals surface area contributed by atoms with Gasteiger partial charge in [-0.1, -0.05) is 20.8 Å². The predicted molar refractivity (Wildman–Crippen MR) is 50.3 cm³/mol. The largest absolute Gasteiger partial charge is 0.330 e. The van der Waals surface area contributed by atoms with E-state index in [2.05, 4.69) is 20.8 Å². The molecule has 0 aliphatic heterocycles.